The summed E-state index contributed by atoms with van der Waals surface area (Å²) < 4.78 is 20.2. The SMILES string of the molecule is CCCCn1c(SCC(=O)Nc2ccc(F)cc2)nc2ccc(N3CCOCC3)cc2c1=O. The molecule has 1 N–H and O–H groups in total. The first-order valence-corrected chi connectivity index (χ1v) is 12.1. The summed E-state index contributed by atoms with van der Waals surface area (Å²) in [6, 6.07) is 11.4. The van der Waals surface area contributed by atoms with Crippen molar-refractivity contribution in [3.8, 4) is 0 Å². The summed E-state index contributed by atoms with van der Waals surface area (Å²) in [5.41, 5.74) is 2.04. The van der Waals surface area contributed by atoms with Crippen LogP contribution in [0.15, 0.2) is 52.4 Å². The average Bonchev–Trinajstić information content (AvgIpc) is 2.84. The molecule has 0 saturated carbocycles. The van der Waals surface area contributed by atoms with Gasteiger partial charge in [0.2, 0.25) is 5.91 Å². The quantitative estimate of drug-likeness (QED) is 0.398. The Hall–Kier alpha value is -2.91. The van der Waals surface area contributed by atoms with Crippen molar-refractivity contribution in [1.29, 1.82) is 0 Å². The number of hydrogen-bond donors (Lipinski definition) is 1. The highest BCUT2D eigenvalue weighted by Gasteiger charge is 2.16. The molecule has 0 aliphatic carbocycles. The van der Waals surface area contributed by atoms with Crippen LogP contribution in [-0.2, 0) is 16.1 Å². The number of carbonyl (C=O) groups is 1. The van der Waals surface area contributed by atoms with E-state index in [4.69, 9.17) is 9.72 Å². The van der Waals surface area contributed by atoms with E-state index in [2.05, 4.69) is 17.1 Å². The number of ether oxygens (including phenoxy) is 1. The molecule has 9 heteroatoms. The molecule has 1 aliphatic heterocycles. The number of aromatic nitrogens is 2. The van der Waals surface area contributed by atoms with Crippen LogP contribution >= 0.6 is 11.8 Å². The molecule has 1 saturated heterocycles. The highest BCUT2D eigenvalue weighted by molar-refractivity contribution is 7.99. The van der Waals surface area contributed by atoms with Crippen LogP contribution in [0, 0.1) is 5.82 Å². The number of hydrogen-bond acceptors (Lipinski definition) is 6. The third-order valence-corrected chi connectivity index (χ3v) is 6.45. The van der Waals surface area contributed by atoms with Crippen LogP contribution in [-0.4, -0.2) is 47.5 Å². The van der Waals surface area contributed by atoms with E-state index in [0.29, 0.717) is 41.5 Å². The van der Waals surface area contributed by atoms with Gasteiger partial charge in [0.25, 0.3) is 5.56 Å². The lowest BCUT2D eigenvalue weighted by atomic mass is 10.2. The summed E-state index contributed by atoms with van der Waals surface area (Å²) >= 11 is 1.23. The van der Waals surface area contributed by atoms with Crippen molar-refractivity contribution in [2.24, 2.45) is 0 Å². The highest BCUT2D eigenvalue weighted by atomic mass is 32.2. The molecule has 0 unspecified atom stereocenters. The summed E-state index contributed by atoms with van der Waals surface area (Å²) in [6.45, 7) is 5.54. The standard InChI is InChI=1S/C24H27FN4O3S/c1-2-3-10-29-23(31)20-15-19(28-11-13-32-14-12-28)8-9-21(20)27-24(29)33-16-22(30)26-18-6-4-17(25)5-7-18/h4-9,15H,2-3,10-14,16H2,1H3,(H,26,30). The van der Waals surface area contributed by atoms with Gasteiger partial charge in [-0.15, -0.1) is 0 Å². The molecule has 33 heavy (non-hydrogen) atoms. The fraction of sp³-hybridized carbons (Fsp3) is 0.375. The molecule has 1 amide bonds. The number of amides is 1. The van der Waals surface area contributed by atoms with E-state index in [1.165, 1.54) is 36.0 Å². The Morgan fingerprint density at radius 2 is 1.94 bits per heavy atom. The first kappa shape index (κ1) is 23.3. The first-order valence-electron chi connectivity index (χ1n) is 11.1. The fourth-order valence-corrected chi connectivity index (χ4v) is 4.52. The second-order valence-corrected chi connectivity index (χ2v) is 8.79. The van der Waals surface area contributed by atoms with Gasteiger partial charge in [0.1, 0.15) is 5.82 Å². The van der Waals surface area contributed by atoms with E-state index in [-0.39, 0.29) is 23.0 Å². The van der Waals surface area contributed by atoms with Crippen LogP contribution < -0.4 is 15.8 Å². The highest BCUT2D eigenvalue weighted by Crippen LogP contribution is 2.23. The number of nitrogens with one attached hydrogen (secondary N) is 1. The van der Waals surface area contributed by atoms with Crippen molar-refractivity contribution in [2.45, 2.75) is 31.5 Å². The largest absolute Gasteiger partial charge is 0.378 e. The predicted octanol–water partition coefficient (Wildman–Crippen LogP) is 3.90. The molecule has 0 radical (unpaired) electrons. The summed E-state index contributed by atoms with van der Waals surface area (Å²) in [6.07, 6.45) is 1.78. The van der Waals surface area contributed by atoms with Gasteiger partial charge in [0.05, 0.1) is 29.9 Å². The Bertz CT molecular complexity index is 1180. The van der Waals surface area contributed by atoms with Gasteiger partial charge in [-0.3, -0.25) is 14.2 Å². The summed E-state index contributed by atoms with van der Waals surface area (Å²) in [7, 11) is 0. The summed E-state index contributed by atoms with van der Waals surface area (Å²) in [5.74, 6) is -0.516. The Labute approximate surface area is 195 Å². The van der Waals surface area contributed by atoms with Crippen molar-refractivity contribution in [3.63, 3.8) is 0 Å². The number of halogens is 1. The van der Waals surface area contributed by atoms with Gasteiger partial charge in [-0.1, -0.05) is 25.1 Å². The minimum absolute atomic E-state index is 0.0906. The summed E-state index contributed by atoms with van der Waals surface area (Å²) in [5, 5.41) is 3.84. The van der Waals surface area contributed by atoms with Gasteiger partial charge >= 0.3 is 0 Å². The minimum atomic E-state index is -0.362. The molecule has 7 nitrogen and oxygen atoms in total. The van der Waals surface area contributed by atoms with E-state index >= 15 is 0 Å². The normalized spacial score (nSPS) is 13.9. The van der Waals surface area contributed by atoms with E-state index in [0.717, 1.165) is 31.6 Å². The molecule has 0 atom stereocenters. The molecule has 1 fully saturated rings. The number of nitrogens with zero attached hydrogens (tertiary/aromatic N) is 3. The third kappa shape index (κ3) is 5.72. The number of morpholine rings is 1. The van der Waals surface area contributed by atoms with Crippen LogP contribution in [0.3, 0.4) is 0 Å². The van der Waals surface area contributed by atoms with E-state index in [1.54, 1.807) is 4.57 Å². The first-order chi connectivity index (χ1) is 16.0. The van der Waals surface area contributed by atoms with Crippen LogP contribution in [0.2, 0.25) is 0 Å². The molecule has 174 valence electrons. The van der Waals surface area contributed by atoms with Crippen molar-refractivity contribution in [3.05, 3.63) is 58.6 Å². The molecule has 1 aromatic heterocycles. The zero-order valence-electron chi connectivity index (χ0n) is 18.6. The number of unbranched alkanes of at least 4 members (excludes halogenated alkanes) is 1. The maximum Gasteiger partial charge on any atom is 0.262 e. The van der Waals surface area contributed by atoms with E-state index in [9.17, 15) is 14.0 Å². The van der Waals surface area contributed by atoms with Crippen molar-refractivity contribution >= 4 is 39.9 Å². The second-order valence-electron chi connectivity index (χ2n) is 7.85. The second kappa shape index (κ2) is 10.8. The Morgan fingerprint density at radius 3 is 2.67 bits per heavy atom. The zero-order valence-corrected chi connectivity index (χ0v) is 19.4. The van der Waals surface area contributed by atoms with Gasteiger partial charge < -0.3 is 15.0 Å². The smallest absolute Gasteiger partial charge is 0.262 e. The number of carbonyl (C=O) groups excluding carboxylic acids is 1. The number of rotatable bonds is 8. The lowest BCUT2D eigenvalue weighted by Gasteiger charge is -2.29. The third-order valence-electron chi connectivity index (χ3n) is 5.47. The lowest BCUT2D eigenvalue weighted by molar-refractivity contribution is -0.113. The topological polar surface area (TPSA) is 76.5 Å². The Balaban J connectivity index is 1.57. The molecule has 1 aliphatic rings. The molecule has 2 heterocycles. The van der Waals surface area contributed by atoms with Gasteiger partial charge in [-0.25, -0.2) is 9.37 Å². The molecular formula is C24H27FN4O3S. The van der Waals surface area contributed by atoms with Crippen LogP contribution in [0.5, 0.6) is 0 Å². The Morgan fingerprint density at radius 1 is 1.18 bits per heavy atom. The van der Waals surface area contributed by atoms with E-state index < -0.39 is 0 Å². The zero-order chi connectivity index (χ0) is 23.2. The molecule has 0 bridgehead atoms. The number of thioether (sulfide) groups is 1. The van der Waals surface area contributed by atoms with Gasteiger partial charge in [0.15, 0.2) is 5.16 Å². The van der Waals surface area contributed by atoms with Crippen LogP contribution in [0.4, 0.5) is 15.8 Å². The number of fused-ring (bicyclic) bond motifs is 1. The number of anilines is 2. The van der Waals surface area contributed by atoms with Crippen molar-refractivity contribution in [1.82, 2.24) is 9.55 Å². The maximum absolute atomic E-state index is 13.4. The predicted molar refractivity (Wildman–Crippen MR) is 130 cm³/mol. The van der Waals surface area contributed by atoms with Crippen molar-refractivity contribution in [2.75, 3.05) is 42.3 Å². The number of benzene rings is 2. The summed E-state index contributed by atoms with van der Waals surface area (Å²) in [4.78, 5) is 32.7. The minimum Gasteiger partial charge on any atom is -0.378 e. The fourth-order valence-electron chi connectivity index (χ4n) is 3.69. The Kier molecular flexibility index (Phi) is 7.61. The molecule has 2 aromatic carbocycles. The lowest BCUT2D eigenvalue weighted by Crippen LogP contribution is -2.36. The molecule has 0 spiro atoms. The van der Waals surface area contributed by atoms with Gasteiger partial charge in [0, 0.05) is 31.0 Å². The molecule has 4 rings (SSSR count). The molecular weight excluding hydrogens is 443 g/mol. The van der Waals surface area contributed by atoms with Crippen molar-refractivity contribution < 1.29 is 13.9 Å². The van der Waals surface area contributed by atoms with E-state index in [1.807, 2.05) is 18.2 Å². The van der Waals surface area contributed by atoms with Crippen LogP contribution in [0.25, 0.3) is 10.9 Å². The van der Waals surface area contributed by atoms with Gasteiger partial charge in [-0.2, -0.15) is 0 Å². The van der Waals surface area contributed by atoms with Gasteiger partial charge in [-0.05, 0) is 48.9 Å². The van der Waals surface area contributed by atoms with Crippen LogP contribution in [0.1, 0.15) is 19.8 Å². The monoisotopic (exact) mass is 470 g/mol. The molecule has 3 aromatic rings. The average molecular weight is 471 g/mol. The maximum atomic E-state index is 13.4.